The van der Waals surface area contributed by atoms with Gasteiger partial charge in [0.2, 0.25) is 0 Å². The van der Waals surface area contributed by atoms with Crippen LogP contribution in [0.25, 0.3) is 0 Å². The van der Waals surface area contributed by atoms with Gasteiger partial charge in [-0.3, -0.25) is 4.90 Å². The number of nitriles is 1. The number of nitrogens with zero attached hydrogens (tertiary/aromatic N) is 2. The van der Waals surface area contributed by atoms with Crippen molar-refractivity contribution in [2.45, 2.75) is 31.8 Å². The first kappa shape index (κ1) is 13.4. The Morgan fingerprint density at radius 2 is 2.28 bits per heavy atom. The third kappa shape index (κ3) is 3.47. The molecular weight excluding hydrogens is 292 g/mol. The smallest absolute Gasteiger partial charge is 0.123 e. The van der Waals surface area contributed by atoms with E-state index >= 15 is 0 Å². The summed E-state index contributed by atoms with van der Waals surface area (Å²) in [7, 11) is 1.70. The summed E-state index contributed by atoms with van der Waals surface area (Å²) in [5.41, 5.74) is 1.18. The fraction of sp³-hybridized carbons (Fsp3) is 0.500. The Balaban J connectivity index is 2.10. The first-order valence-electron chi connectivity index (χ1n) is 6.18. The van der Waals surface area contributed by atoms with Gasteiger partial charge in [-0.25, -0.2) is 0 Å². The molecule has 1 aliphatic rings. The van der Waals surface area contributed by atoms with Gasteiger partial charge in [0.05, 0.1) is 13.2 Å². The van der Waals surface area contributed by atoms with Crippen LogP contribution in [0.5, 0.6) is 5.75 Å². The quantitative estimate of drug-likeness (QED) is 0.808. The topological polar surface area (TPSA) is 36.3 Å². The molecule has 0 aromatic heterocycles. The van der Waals surface area contributed by atoms with Crippen LogP contribution in [0.2, 0.25) is 0 Å². The Morgan fingerprint density at radius 3 is 2.89 bits per heavy atom. The van der Waals surface area contributed by atoms with E-state index in [9.17, 15) is 0 Å². The van der Waals surface area contributed by atoms with Crippen LogP contribution in [-0.4, -0.2) is 24.6 Å². The molecule has 4 heteroatoms. The maximum Gasteiger partial charge on any atom is 0.123 e. The number of ether oxygens (including phenoxy) is 1. The molecule has 1 aliphatic carbocycles. The second-order valence-electron chi connectivity index (χ2n) is 4.57. The van der Waals surface area contributed by atoms with Crippen LogP contribution >= 0.6 is 15.9 Å². The number of halogens is 1. The van der Waals surface area contributed by atoms with Gasteiger partial charge in [-0.2, -0.15) is 5.26 Å². The summed E-state index contributed by atoms with van der Waals surface area (Å²) in [6, 6.07) is 8.94. The van der Waals surface area contributed by atoms with Crippen LogP contribution in [0.1, 0.15) is 24.8 Å². The molecule has 1 aromatic carbocycles. The first-order chi connectivity index (χ1) is 8.74. The van der Waals surface area contributed by atoms with Crippen molar-refractivity contribution in [2.75, 3.05) is 13.7 Å². The monoisotopic (exact) mass is 308 g/mol. The fourth-order valence-corrected chi connectivity index (χ4v) is 2.52. The molecule has 18 heavy (non-hydrogen) atoms. The standard InChI is InChI=1S/C14H17BrN2O/c1-18-14-6-3-12(15)9-11(14)10-17(8-2-7-16)13-4-5-13/h3,6,9,13H,2,4-5,8,10H2,1H3. The molecule has 2 rings (SSSR count). The molecule has 96 valence electrons. The van der Waals surface area contributed by atoms with Crippen LogP contribution in [0, 0.1) is 11.3 Å². The Morgan fingerprint density at radius 1 is 1.50 bits per heavy atom. The van der Waals surface area contributed by atoms with Crippen molar-refractivity contribution in [1.29, 1.82) is 5.26 Å². The van der Waals surface area contributed by atoms with Gasteiger partial charge in [0.25, 0.3) is 0 Å². The molecule has 1 aromatic rings. The molecule has 0 saturated heterocycles. The summed E-state index contributed by atoms with van der Waals surface area (Å²) < 4.78 is 6.46. The average molecular weight is 309 g/mol. The predicted molar refractivity (Wildman–Crippen MR) is 74.4 cm³/mol. The van der Waals surface area contributed by atoms with Gasteiger partial charge in [-0.1, -0.05) is 15.9 Å². The largest absolute Gasteiger partial charge is 0.496 e. The van der Waals surface area contributed by atoms with Gasteiger partial charge in [-0.15, -0.1) is 0 Å². The minimum absolute atomic E-state index is 0.590. The minimum atomic E-state index is 0.590. The van der Waals surface area contributed by atoms with Gasteiger partial charge >= 0.3 is 0 Å². The maximum atomic E-state index is 8.72. The average Bonchev–Trinajstić information content (AvgIpc) is 3.19. The van der Waals surface area contributed by atoms with Crippen molar-refractivity contribution < 1.29 is 4.74 Å². The van der Waals surface area contributed by atoms with Crippen molar-refractivity contribution in [3.05, 3.63) is 28.2 Å². The van der Waals surface area contributed by atoms with Crippen LogP contribution in [0.3, 0.4) is 0 Å². The summed E-state index contributed by atoms with van der Waals surface area (Å²) >= 11 is 3.49. The summed E-state index contributed by atoms with van der Waals surface area (Å²) in [4.78, 5) is 2.38. The van der Waals surface area contributed by atoms with E-state index < -0.39 is 0 Å². The van der Waals surface area contributed by atoms with Crippen molar-refractivity contribution in [1.82, 2.24) is 4.90 Å². The highest BCUT2D eigenvalue weighted by Gasteiger charge is 2.29. The zero-order chi connectivity index (χ0) is 13.0. The highest BCUT2D eigenvalue weighted by atomic mass is 79.9. The lowest BCUT2D eigenvalue weighted by atomic mass is 10.2. The third-order valence-electron chi connectivity index (χ3n) is 3.19. The van der Waals surface area contributed by atoms with E-state index in [0.29, 0.717) is 12.5 Å². The van der Waals surface area contributed by atoms with E-state index in [-0.39, 0.29) is 0 Å². The van der Waals surface area contributed by atoms with E-state index in [0.717, 1.165) is 23.3 Å². The van der Waals surface area contributed by atoms with Crippen LogP contribution in [0.15, 0.2) is 22.7 Å². The molecular formula is C14H17BrN2O. The van der Waals surface area contributed by atoms with E-state index in [1.165, 1.54) is 18.4 Å². The Bertz CT molecular complexity index is 452. The Hall–Kier alpha value is -1.05. The van der Waals surface area contributed by atoms with E-state index in [4.69, 9.17) is 10.00 Å². The van der Waals surface area contributed by atoms with Gasteiger partial charge in [0, 0.05) is 35.6 Å². The Labute approximate surface area is 116 Å². The minimum Gasteiger partial charge on any atom is -0.496 e. The summed E-state index contributed by atoms with van der Waals surface area (Å²) in [5.74, 6) is 0.917. The van der Waals surface area contributed by atoms with Gasteiger partial charge in [0.15, 0.2) is 0 Å². The molecule has 0 atom stereocenters. The number of hydrogen-bond donors (Lipinski definition) is 0. The SMILES string of the molecule is COc1ccc(Br)cc1CN(CCC#N)C1CC1. The lowest BCUT2D eigenvalue weighted by Crippen LogP contribution is -2.26. The molecule has 0 heterocycles. The van der Waals surface area contributed by atoms with E-state index in [2.05, 4.69) is 33.0 Å². The third-order valence-corrected chi connectivity index (χ3v) is 3.68. The zero-order valence-electron chi connectivity index (χ0n) is 10.5. The zero-order valence-corrected chi connectivity index (χ0v) is 12.1. The lowest BCUT2D eigenvalue weighted by Gasteiger charge is -2.22. The molecule has 0 bridgehead atoms. The number of benzene rings is 1. The molecule has 0 radical (unpaired) electrons. The molecule has 0 unspecified atom stereocenters. The molecule has 0 N–H and O–H groups in total. The van der Waals surface area contributed by atoms with Crippen molar-refractivity contribution in [3.8, 4) is 11.8 Å². The molecule has 3 nitrogen and oxygen atoms in total. The van der Waals surface area contributed by atoms with Crippen molar-refractivity contribution in [2.24, 2.45) is 0 Å². The van der Waals surface area contributed by atoms with Crippen LogP contribution < -0.4 is 4.74 Å². The highest BCUT2D eigenvalue weighted by Crippen LogP contribution is 2.31. The predicted octanol–water partition coefficient (Wildman–Crippen LogP) is 3.34. The summed E-state index contributed by atoms with van der Waals surface area (Å²) in [6.07, 6.45) is 3.09. The summed E-state index contributed by atoms with van der Waals surface area (Å²) in [6.45, 7) is 1.70. The van der Waals surface area contributed by atoms with E-state index in [1.807, 2.05) is 12.1 Å². The molecule has 0 amide bonds. The normalized spacial score (nSPS) is 14.6. The maximum absolute atomic E-state index is 8.72. The number of methoxy groups -OCH3 is 1. The lowest BCUT2D eigenvalue weighted by molar-refractivity contribution is 0.256. The highest BCUT2D eigenvalue weighted by molar-refractivity contribution is 9.10. The van der Waals surface area contributed by atoms with Crippen LogP contribution in [-0.2, 0) is 6.54 Å². The van der Waals surface area contributed by atoms with Crippen molar-refractivity contribution >= 4 is 15.9 Å². The first-order valence-corrected chi connectivity index (χ1v) is 6.97. The molecule has 0 spiro atoms. The van der Waals surface area contributed by atoms with E-state index in [1.54, 1.807) is 7.11 Å². The second-order valence-corrected chi connectivity index (χ2v) is 5.48. The molecule has 1 fully saturated rings. The summed E-state index contributed by atoms with van der Waals surface area (Å²) in [5, 5.41) is 8.72. The van der Waals surface area contributed by atoms with Crippen LogP contribution in [0.4, 0.5) is 0 Å². The fourth-order valence-electron chi connectivity index (χ4n) is 2.11. The van der Waals surface area contributed by atoms with Gasteiger partial charge in [-0.05, 0) is 31.0 Å². The second kappa shape index (κ2) is 6.21. The number of rotatable bonds is 6. The molecule has 0 aliphatic heterocycles. The van der Waals surface area contributed by atoms with Crippen molar-refractivity contribution in [3.63, 3.8) is 0 Å². The van der Waals surface area contributed by atoms with Gasteiger partial charge < -0.3 is 4.74 Å². The molecule has 1 saturated carbocycles. The van der Waals surface area contributed by atoms with Gasteiger partial charge in [0.1, 0.15) is 5.75 Å². The Kier molecular flexibility index (Phi) is 4.62. The number of hydrogen-bond acceptors (Lipinski definition) is 3.